The molecule has 1 aliphatic heterocycles. The van der Waals surface area contributed by atoms with Crippen LogP contribution in [0.15, 0.2) is 42.7 Å². The monoisotopic (exact) mass is 321 g/mol. The van der Waals surface area contributed by atoms with Crippen LogP contribution in [0.2, 0.25) is 0 Å². The summed E-state index contributed by atoms with van der Waals surface area (Å²) in [7, 11) is 0. The molecule has 24 heavy (non-hydrogen) atoms. The summed E-state index contributed by atoms with van der Waals surface area (Å²) < 4.78 is 0. The lowest BCUT2D eigenvalue weighted by atomic mass is 10.0. The number of likely N-dealkylation sites (tertiary alicyclic amines) is 1. The van der Waals surface area contributed by atoms with Crippen molar-refractivity contribution in [3.63, 3.8) is 0 Å². The molecule has 1 saturated heterocycles. The summed E-state index contributed by atoms with van der Waals surface area (Å²) in [5.74, 6) is 0.566. The quantitative estimate of drug-likeness (QED) is 0.914. The molecule has 0 saturated carbocycles. The van der Waals surface area contributed by atoms with Gasteiger partial charge in [0.15, 0.2) is 11.5 Å². The zero-order valence-corrected chi connectivity index (χ0v) is 13.9. The fraction of sp³-hybridized carbons (Fsp3) is 0.421. The van der Waals surface area contributed by atoms with Crippen LogP contribution in [-0.4, -0.2) is 34.5 Å². The van der Waals surface area contributed by atoms with Crippen molar-refractivity contribution in [2.75, 3.05) is 25.0 Å². The molecule has 5 nitrogen and oxygen atoms in total. The van der Waals surface area contributed by atoms with Crippen molar-refractivity contribution in [1.82, 2.24) is 14.9 Å². The van der Waals surface area contributed by atoms with E-state index in [1.807, 2.05) is 6.07 Å². The van der Waals surface area contributed by atoms with Gasteiger partial charge in [-0.25, -0.2) is 9.97 Å². The molecule has 0 aliphatic carbocycles. The van der Waals surface area contributed by atoms with Crippen LogP contribution in [0.1, 0.15) is 43.0 Å². The third-order valence-electron chi connectivity index (χ3n) is 4.53. The number of rotatable bonds is 5. The van der Waals surface area contributed by atoms with Gasteiger partial charge in [0.05, 0.1) is 6.04 Å². The summed E-state index contributed by atoms with van der Waals surface area (Å²) in [4.78, 5) is 10.9. The summed E-state index contributed by atoms with van der Waals surface area (Å²) in [5.41, 5.74) is 1.65. The van der Waals surface area contributed by atoms with Gasteiger partial charge in [-0.1, -0.05) is 43.2 Å². The van der Waals surface area contributed by atoms with Crippen LogP contribution in [0.5, 0.6) is 0 Å². The maximum absolute atomic E-state index is 9.18. The number of hydrogen-bond acceptors (Lipinski definition) is 5. The predicted molar refractivity (Wildman–Crippen MR) is 94.5 cm³/mol. The molecule has 0 amide bonds. The van der Waals surface area contributed by atoms with Gasteiger partial charge in [-0.15, -0.1) is 0 Å². The number of nitrogens with zero attached hydrogens (tertiary/aromatic N) is 4. The predicted octanol–water partition coefficient (Wildman–Crippen LogP) is 3.38. The third kappa shape index (κ3) is 4.09. The Morgan fingerprint density at radius 3 is 2.46 bits per heavy atom. The molecule has 124 valence electrons. The number of nitriles is 1. The van der Waals surface area contributed by atoms with Crippen molar-refractivity contribution in [1.29, 1.82) is 5.26 Å². The van der Waals surface area contributed by atoms with Gasteiger partial charge in [-0.05, 0) is 31.5 Å². The molecular weight excluding hydrogens is 298 g/mol. The first-order valence-electron chi connectivity index (χ1n) is 8.62. The topological polar surface area (TPSA) is 64.8 Å². The van der Waals surface area contributed by atoms with Crippen LogP contribution in [0.25, 0.3) is 0 Å². The lowest BCUT2D eigenvalue weighted by molar-refractivity contribution is 0.213. The molecular formula is C19H23N5. The number of nitrogens with one attached hydrogen (secondary N) is 1. The highest BCUT2D eigenvalue weighted by molar-refractivity contribution is 5.47. The Labute approximate surface area is 143 Å². The molecule has 0 spiro atoms. The Hall–Kier alpha value is -2.45. The Morgan fingerprint density at radius 2 is 1.75 bits per heavy atom. The molecule has 3 rings (SSSR count). The Balaban J connectivity index is 1.78. The fourth-order valence-corrected chi connectivity index (χ4v) is 3.28. The first-order valence-corrected chi connectivity index (χ1v) is 8.62. The van der Waals surface area contributed by atoms with Gasteiger partial charge in [-0.2, -0.15) is 5.26 Å². The fourth-order valence-electron chi connectivity index (χ4n) is 3.28. The van der Waals surface area contributed by atoms with E-state index in [-0.39, 0.29) is 6.04 Å². The Morgan fingerprint density at radius 1 is 1.04 bits per heavy atom. The average molecular weight is 321 g/mol. The zero-order chi connectivity index (χ0) is 16.6. The number of aromatic nitrogens is 2. The number of benzene rings is 1. The largest absolute Gasteiger partial charge is 0.366 e. The first-order chi connectivity index (χ1) is 11.9. The molecule has 1 aromatic heterocycles. The molecule has 0 bridgehead atoms. The normalized spacial score (nSPS) is 16.8. The van der Waals surface area contributed by atoms with E-state index in [1.165, 1.54) is 31.2 Å². The Kier molecular flexibility index (Phi) is 5.75. The smallest absolute Gasteiger partial charge is 0.182 e. The van der Waals surface area contributed by atoms with Crippen molar-refractivity contribution in [2.45, 2.75) is 31.7 Å². The second-order valence-electron chi connectivity index (χ2n) is 6.12. The summed E-state index contributed by atoms with van der Waals surface area (Å²) in [6.45, 7) is 2.96. The van der Waals surface area contributed by atoms with E-state index in [2.05, 4.69) is 50.5 Å². The maximum Gasteiger partial charge on any atom is 0.182 e. The van der Waals surface area contributed by atoms with Gasteiger partial charge < -0.3 is 5.32 Å². The molecule has 1 unspecified atom stereocenters. The highest BCUT2D eigenvalue weighted by Gasteiger charge is 2.21. The minimum absolute atomic E-state index is 0.276. The number of anilines is 1. The summed E-state index contributed by atoms with van der Waals surface area (Å²) in [5, 5.41) is 12.5. The standard InChI is InChI=1S/C19H23N5/c20-14-17-19(22-11-10-21-17)23-15-18(16-8-4-3-5-9-16)24-12-6-1-2-7-13-24/h3-5,8-11,18H,1-2,6-7,12-13,15H2,(H,22,23). The van der Waals surface area contributed by atoms with E-state index in [1.54, 1.807) is 12.4 Å². The molecule has 1 N–H and O–H groups in total. The summed E-state index contributed by atoms with van der Waals surface area (Å²) in [6, 6.07) is 13.0. The molecule has 1 aliphatic rings. The molecule has 2 aromatic rings. The Bertz CT molecular complexity index is 672. The van der Waals surface area contributed by atoms with E-state index in [0.717, 1.165) is 19.6 Å². The van der Waals surface area contributed by atoms with Crippen molar-refractivity contribution >= 4 is 5.82 Å². The van der Waals surface area contributed by atoms with E-state index >= 15 is 0 Å². The van der Waals surface area contributed by atoms with Crippen molar-refractivity contribution in [3.05, 3.63) is 54.0 Å². The van der Waals surface area contributed by atoms with E-state index in [0.29, 0.717) is 11.5 Å². The zero-order valence-electron chi connectivity index (χ0n) is 13.9. The first kappa shape index (κ1) is 16.4. The van der Waals surface area contributed by atoms with Crippen molar-refractivity contribution in [2.24, 2.45) is 0 Å². The third-order valence-corrected chi connectivity index (χ3v) is 4.53. The van der Waals surface area contributed by atoms with Crippen LogP contribution in [0, 0.1) is 11.3 Å². The highest BCUT2D eigenvalue weighted by atomic mass is 15.2. The van der Waals surface area contributed by atoms with Crippen LogP contribution < -0.4 is 5.32 Å². The van der Waals surface area contributed by atoms with Gasteiger partial charge >= 0.3 is 0 Å². The van der Waals surface area contributed by atoms with Crippen LogP contribution >= 0.6 is 0 Å². The average Bonchev–Trinajstić information content (AvgIpc) is 2.92. The maximum atomic E-state index is 9.18. The summed E-state index contributed by atoms with van der Waals surface area (Å²) in [6.07, 6.45) is 8.29. The van der Waals surface area contributed by atoms with Crippen LogP contribution in [-0.2, 0) is 0 Å². The van der Waals surface area contributed by atoms with Gasteiger partial charge in [0.25, 0.3) is 0 Å². The van der Waals surface area contributed by atoms with Gasteiger partial charge in [-0.3, -0.25) is 4.90 Å². The molecule has 0 radical (unpaired) electrons. The molecule has 2 heterocycles. The summed E-state index contributed by atoms with van der Waals surface area (Å²) >= 11 is 0. The van der Waals surface area contributed by atoms with E-state index < -0.39 is 0 Å². The molecule has 5 heteroatoms. The lowest BCUT2D eigenvalue weighted by Gasteiger charge is -2.31. The van der Waals surface area contributed by atoms with Crippen molar-refractivity contribution < 1.29 is 0 Å². The van der Waals surface area contributed by atoms with Crippen LogP contribution in [0.3, 0.4) is 0 Å². The van der Waals surface area contributed by atoms with Crippen LogP contribution in [0.4, 0.5) is 5.82 Å². The van der Waals surface area contributed by atoms with E-state index in [4.69, 9.17) is 0 Å². The second kappa shape index (κ2) is 8.42. The minimum Gasteiger partial charge on any atom is -0.366 e. The van der Waals surface area contributed by atoms with Gasteiger partial charge in [0.2, 0.25) is 0 Å². The SMILES string of the molecule is N#Cc1nccnc1NCC(c1ccccc1)N1CCCCCC1. The second-order valence-corrected chi connectivity index (χ2v) is 6.12. The molecule has 1 atom stereocenters. The van der Waals surface area contributed by atoms with E-state index in [9.17, 15) is 5.26 Å². The molecule has 1 aromatic carbocycles. The number of hydrogen-bond donors (Lipinski definition) is 1. The van der Waals surface area contributed by atoms with Crippen molar-refractivity contribution in [3.8, 4) is 6.07 Å². The highest BCUT2D eigenvalue weighted by Crippen LogP contribution is 2.25. The van der Waals surface area contributed by atoms with Gasteiger partial charge in [0, 0.05) is 18.9 Å². The lowest BCUT2D eigenvalue weighted by Crippen LogP contribution is -2.34. The molecule has 1 fully saturated rings. The van der Waals surface area contributed by atoms with Gasteiger partial charge in [0.1, 0.15) is 6.07 Å². The minimum atomic E-state index is 0.276.